The van der Waals surface area contributed by atoms with Crippen LogP contribution in [0.2, 0.25) is 0 Å². The highest BCUT2D eigenvalue weighted by molar-refractivity contribution is 8.23. The minimum Gasteiger partial charge on any atom is -0.378 e. The minimum absolute atomic E-state index is 0.0188. The second kappa shape index (κ2) is 11.9. The van der Waals surface area contributed by atoms with Crippen molar-refractivity contribution in [2.24, 2.45) is 0 Å². The van der Waals surface area contributed by atoms with Crippen LogP contribution in [-0.2, 0) is 14.3 Å². The normalized spacial score (nSPS) is 19.0. The number of thiazole rings is 1. The molecule has 196 valence electrons. The van der Waals surface area contributed by atoms with Crippen LogP contribution in [0.4, 0.5) is 11.4 Å². The van der Waals surface area contributed by atoms with Gasteiger partial charge in [0.2, 0.25) is 11.8 Å². The van der Waals surface area contributed by atoms with Crippen LogP contribution >= 0.6 is 35.3 Å². The van der Waals surface area contributed by atoms with Crippen LogP contribution in [0.25, 0.3) is 0 Å². The molecule has 12 heteroatoms. The van der Waals surface area contributed by atoms with Crippen molar-refractivity contribution in [3.05, 3.63) is 40.3 Å². The molecule has 5 rings (SSSR count). The fourth-order valence-electron chi connectivity index (χ4n) is 4.76. The van der Waals surface area contributed by atoms with Gasteiger partial charge in [-0.05, 0) is 25.0 Å². The lowest BCUT2D eigenvalue weighted by Crippen LogP contribution is -2.40. The van der Waals surface area contributed by atoms with Gasteiger partial charge in [0, 0.05) is 50.4 Å². The smallest absolute Gasteiger partial charge is 0.275 e. The maximum atomic E-state index is 13.0. The Morgan fingerprint density at radius 3 is 2.62 bits per heavy atom. The van der Waals surface area contributed by atoms with Crippen LogP contribution in [0.1, 0.15) is 40.7 Å². The minimum atomic E-state index is -0.219. The first-order valence-corrected chi connectivity index (χ1v) is 14.7. The fraction of sp³-hybridized carbons (Fsp3) is 0.480. The van der Waals surface area contributed by atoms with E-state index in [-0.39, 0.29) is 30.1 Å². The van der Waals surface area contributed by atoms with Gasteiger partial charge < -0.3 is 19.9 Å². The summed E-state index contributed by atoms with van der Waals surface area (Å²) in [7, 11) is 0. The van der Waals surface area contributed by atoms with Gasteiger partial charge in [-0.25, -0.2) is 4.98 Å². The summed E-state index contributed by atoms with van der Waals surface area (Å²) >= 11 is 8.04. The summed E-state index contributed by atoms with van der Waals surface area (Å²) in [4.78, 5) is 47.8. The highest BCUT2D eigenvalue weighted by Crippen LogP contribution is 2.32. The number of thioether (sulfide) groups is 1. The van der Waals surface area contributed by atoms with Crippen LogP contribution in [0.5, 0.6) is 0 Å². The molecule has 3 saturated heterocycles. The Morgan fingerprint density at radius 1 is 1.14 bits per heavy atom. The van der Waals surface area contributed by atoms with Crippen LogP contribution in [0.3, 0.4) is 0 Å². The lowest BCUT2D eigenvalue weighted by atomic mass is 9.97. The molecule has 3 aliphatic rings. The Kier molecular flexibility index (Phi) is 8.38. The largest absolute Gasteiger partial charge is 0.378 e. The number of piperidine rings is 1. The van der Waals surface area contributed by atoms with Crippen LogP contribution < -0.4 is 10.2 Å². The maximum absolute atomic E-state index is 13.0. The van der Waals surface area contributed by atoms with E-state index in [0.717, 1.165) is 42.3 Å². The lowest BCUT2D eigenvalue weighted by molar-refractivity contribution is -0.132. The summed E-state index contributed by atoms with van der Waals surface area (Å²) in [5, 5.41) is 5.78. The predicted molar refractivity (Wildman–Crippen MR) is 149 cm³/mol. The molecule has 0 aliphatic carbocycles. The van der Waals surface area contributed by atoms with Crippen molar-refractivity contribution in [1.82, 2.24) is 14.8 Å². The third-order valence-electron chi connectivity index (χ3n) is 6.85. The highest BCUT2D eigenvalue weighted by atomic mass is 32.2. The van der Waals surface area contributed by atoms with E-state index in [0.29, 0.717) is 48.6 Å². The van der Waals surface area contributed by atoms with Gasteiger partial charge in [-0.2, -0.15) is 0 Å². The summed E-state index contributed by atoms with van der Waals surface area (Å²) in [6, 6.07) is 7.81. The zero-order valence-electron chi connectivity index (χ0n) is 20.4. The molecule has 1 aromatic heterocycles. The molecule has 1 N–H and O–H groups in total. The quantitative estimate of drug-likeness (QED) is 0.517. The number of nitrogens with zero attached hydrogens (tertiary/aromatic N) is 4. The lowest BCUT2D eigenvalue weighted by Gasteiger charge is -2.31. The number of rotatable bonds is 7. The van der Waals surface area contributed by atoms with E-state index in [4.69, 9.17) is 17.0 Å². The summed E-state index contributed by atoms with van der Waals surface area (Å²) in [6.07, 6.45) is 1.89. The number of likely N-dealkylation sites (tertiary alicyclic amines) is 1. The van der Waals surface area contributed by atoms with E-state index in [1.165, 1.54) is 28.0 Å². The second-order valence-corrected chi connectivity index (χ2v) is 11.6. The maximum Gasteiger partial charge on any atom is 0.275 e. The summed E-state index contributed by atoms with van der Waals surface area (Å²) < 4.78 is 6.01. The van der Waals surface area contributed by atoms with Crippen molar-refractivity contribution >= 4 is 68.7 Å². The SMILES string of the molecule is O=C(Nc1ccccc1N1CCOCC1)c1csc(C2CCN(C(=O)CCN3C(=O)CSC3=S)CC2)n1. The number of ether oxygens (including phenoxy) is 1. The molecule has 0 bridgehead atoms. The van der Waals surface area contributed by atoms with Gasteiger partial charge in [0.05, 0.1) is 35.3 Å². The Hall–Kier alpha value is -2.54. The van der Waals surface area contributed by atoms with E-state index < -0.39 is 0 Å². The van der Waals surface area contributed by atoms with Crippen molar-refractivity contribution in [1.29, 1.82) is 0 Å². The number of carbonyl (C=O) groups excluding carboxylic acids is 3. The van der Waals surface area contributed by atoms with Gasteiger partial charge >= 0.3 is 0 Å². The molecule has 3 amide bonds. The Balaban J connectivity index is 1.13. The summed E-state index contributed by atoms with van der Waals surface area (Å²) in [5.74, 6) is 0.398. The molecular formula is C25H29N5O4S3. The van der Waals surface area contributed by atoms with Crippen molar-refractivity contribution in [3.63, 3.8) is 0 Å². The molecule has 0 spiro atoms. The summed E-state index contributed by atoms with van der Waals surface area (Å²) in [5.41, 5.74) is 2.17. The van der Waals surface area contributed by atoms with E-state index >= 15 is 0 Å². The molecule has 2 aromatic rings. The van der Waals surface area contributed by atoms with Gasteiger partial charge in [-0.1, -0.05) is 36.1 Å². The van der Waals surface area contributed by atoms with Crippen molar-refractivity contribution in [3.8, 4) is 0 Å². The van der Waals surface area contributed by atoms with Gasteiger partial charge in [-0.3, -0.25) is 19.3 Å². The molecule has 3 aliphatic heterocycles. The Morgan fingerprint density at radius 2 is 1.89 bits per heavy atom. The molecule has 4 heterocycles. The van der Waals surface area contributed by atoms with Crippen molar-refractivity contribution < 1.29 is 19.1 Å². The number of carbonyl (C=O) groups is 3. The zero-order chi connectivity index (χ0) is 25.8. The predicted octanol–water partition coefficient (Wildman–Crippen LogP) is 3.19. The average molecular weight is 560 g/mol. The standard InChI is InChI=1S/C25H29N5O4S3/c31-21(7-10-30-22(32)16-37-25(30)35)29-8-5-17(6-9-29)24-27-19(15-36-24)23(33)26-18-3-1-2-4-20(18)28-11-13-34-14-12-28/h1-4,15,17H,5-14,16H2,(H,26,33). The highest BCUT2D eigenvalue weighted by Gasteiger charge is 2.30. The van der Waals surface area contributed by atoms with E-state index in [2.05, 4.69) is 15.2 Å². The number of morpholine rings is 1. The van der Waals surface area contributed by atoms with Crippen LogP contribution in [0.15, 0.2) is 29.6 Å². The van der Waals surface area contributed by atoms with Crippen molar-refractivity contribution in [2.75, 3.05) is 61.9 Å². The topological polar surface area (TPSA) is 95.1 Å². The van der Waals surface area contributed by atoms with Crippen molar-refractivity contribution in [2.45, 2.75) is 25.2 Å². The first-order chi connectivity index (χ1) is 18.0. The Labute approximate surface area is 229 Å². The third-order valence-corrected chi connectivity index (χ3v) is 9.29. The number of para-hydroxylation sites is 2. The molecule has 9 nitrogen and oxygen atoms in total. The number of amides is 3. The van der Waals surface area contributed by atoms with Crippen LogP contribution in [0, 0.1) is 0 Å². The first-order valence-electron chi connectivity index (χ1n) is 12.4. The average Bonchev–Trinajstić information content (AvgIpc) is 3.55. The van der Waals surface area contributed by atoms with Gasteiger partial charge in [0.1, 0.15) is 10.0 Å². The molecule has 0 atom stereocenters. The molecular weight excluding hydrogens is 531 g/mol. The number of hydrogen-bond donors (Lipinski definition) is 1. The second-order valence-electron chi connectivity index (χ2n) is 9.15. The number of anilines is 2. The third kappa shape index (κ3) is 6.14. The number of nitrogens with one attached hydrogen (secondary N) is 1. The van der Waals surface area contributed by atoms with E-state index in [9.17, 15) is 14.4 Å². The molecule has 1 aromatic carbocycles. The number of aromatic nitrogens is 1. The molecule has 0 unspecified atom stereocenters. The summed E-state index contributed by atoms with van der Waals surface area (Å²) in [6.45, 7) is 4.56. The number of hydrogen-bond acceptors (Lipinski definition) is 9. The number of benzene rings is 1. The zero-order valence-corrected chi connectivity index (χ0v) is 22.8. The Bertz CT molecular complexity index is 1160. The first kappa shape index (κ1) is 26.1. The molecule has 0 saturated carbocycles. The fourth-order valence-corrected chi connectivity index (χ4v) is 6.86. The van der Waals surface area contributed by atoms with Gasteiger partial charge in [-0.15, -0.1) is 11.3 Å². The molecule has 3 fully saturated rings. The number of thiocarbonyl (C=S) groups is 1. The molecule has 37 heavy (non-hydrogen) atoms. The monoisotopic (exact) mass is 559 g/mol. The van der Waals surface area contributed by atoms with Gasteiger partial charge in [0.25, 0.3) is 5.91 Å². The van der Waals surface area contributed by atoms with E-state index in [1.807, 2.05) is 34.5 Å². The van der Waals surface area contributed by atoms with Crippen LogP contribution in [-0.4, -0.2) is 88.5 Å². The molecule has 0 radical (unpaired) electrons. The van der Waals surface area contributed by atoms with E-state index in [1.54, 1.807) is 0 Å². The van der Waals surface area contributed by atoms with Gasteiger partial charge in [0.15, 0.2) is 0 Å².